The molecule has 0 saturated carbocycles. The predicted octanol–water partition coefficient (Wildman–Crippen LogP) is 10.5. The minimum Gasteiger partial charge on any atom is -0.455 e. The second-order valence-corrected chi connectivity index (χ2v) is 13.9. The smallest absolute Gasteiger partial charge is 0.228 e. The standard InChI is InChI=1S/C40H40NO/c1-24(2)19-26-13-16-30-32(20-26)25(3)36-38-37-31(17-18-41(38)7)33-21-28(27-11-9-8-10-12-27)14-15-29(33)22-35(37)42-39(36)34(30)23-40(4,5)6/h8-18,20-22,24H,19,23H2,1-7H3/q+1. The van der Waals surface area contributed by atoms with Crippen molar-refractivity contribution < 1.29 is 9.30 Å². The summed E-state index contributed by atoms with van der Waals surface area (Å²) in [5.41, 5.74) is 9.09. The first-order valence-electron chi connectivity index (χ1n) is 15.3. The Bertz CT molecular complexity index is 2030. The number of fused-ring (bicyclic) bond motifs is 5. The summed E-state index contributed by atoms with van der Waals surface area (Å²) in [5.74, 6) is 2.60. The molecule has 0 fully saturated rings. The first-order valence-corrected chi connectivity index (χ1v) is 15.3. The summed E-state index contributed by atoms with van der Waals surface area (Å²) < 4.78 is 9.38. The first kappa shape index (κ1) is 26.7. The molecule has 0 spiro atoms. The molecule has 2 heterocycles. The van der Waals surface area contributed by atoms with Crippen molar-refractivity contribution in [2.45, 2.75) is 54.4 Å². The van der Waals surface area contributed by atoms with Crippen molar-refractivity contribution in [3.63, 3.8) is 0 Å². The molecule has 5 aromatic carbocycles. The second-order valence-electron chi connectivity index (χ2n) is 13.9. The fourth-order valence-electron chi connectivity index (χ4n) is 7.00. The highest BCUT2D eigenvalue weighted by Crippen LogP contribution is 2.53. The van der Waals surface area contributed by atoms with Gasteiger partial charge in [0.2, 0.25) is 5.69 Å². The number of aromatic nitrogens is 1. The van der Waals surface area contributed by atoms with E-state index in [1.165, 1.54) is 71.4 Å². The third kappa shape index (κ3) is 4.36. The van der Waals surface area contributed by atoms with E-state index in [9.17, 15) is 0 Å². The van der Waals surface area contributed by atoms with Crippen LogP contribution < -0.4 is 9.30 Å². The van der Waals surface area contributed by atoms with Gasteiger partial charge in [-0.25, -0.2) is 4.57 Å². The molecule has 210 valence electrons. The largest absolute Gasteiger partial charge is 0.455 e. The maximum atomic E-state index is 7.07. The molecule has 7 rings (SSSR count). The Balaban J connectivity index is 1.57. The second kappa shape index (κ2) is 9.70. The SMILES string of the molecule is Cc1c2c(c(CC(C)(C)C)c3ccc(CC(C)C)cc13)Oc1cc3ccc(-c4ccccc4)cc3c3cc[n+](C)c-2c13. The molecule has 0 unspecified atom stereocenters. The molecule has 0 amide bonds. The van der Waals surface area contributed by atoms with Gasteiger partial charge in [0.15, 0.2) is 6.20 Å². The number of ether oxygens (including phenoxy) is 1. The molecular weight excluding hydrogens is 510 g/mol. The summed E-state index contributed by atoms with van der Waals surface area (Å²) in [6, 6.07) is 29.1. The molecule has 0 bridgehead atoms. The molecule has 0 saturated heterocycles. The first-order chi connectivity index (χ1) is 20.1. The Morgan fingerprint density at radius 1 is 0.786 bits per heavy atom. The van der Waals surface area contributed by atoms with Crippen LogP contribution in [0.1, 0.15) is 51.3 Å². The van der Waals surface area contributed by atoms with E-state index in [1.54, 1.807) is 0 Å². The van der Waals surface area contributed by atoms with Crippen molar-refractivity contribution in [3.8, 4) is 33.9 Å². The number of aryl methyl sites for hydroxylation is 2. The zero-order valence-electron chi connectivity index (χ0n) is 25.9. The Hall–Kier alpha value is -4.17. The van der Waals surface area contributed by atoms with Crippen molar-refractivity contribution in [2.24, 2.45) is 18.4 Å². The van der Waals surface area contributed by atoms with Crippen LogP contribution in [0.5, 0.6) is 11.5 Å². The maximum Gasteiger partial charge on any atom is 0.228 e. The van der Waals surface area contributed by atoms with Crippen LogP contribution in [0.2, 0.25) is 0 Å². The van der Waals surface area contributed by atoms with E-state index in [2.05, 4.69) is 138 Å². The highest BCUT2D eigenvalue weighted by molar-refractivity contribution is 6.17. The van der Waals surface area contributed by atoms with E-state index in [4.69, 9.17) is 4.74 Å². The van der Waals surface area contributed by atoms with Crippen LogP contribution in [0.3, 0.4) is 0 Å². The normalized spacial score (nSPS) is 12.8. The monoisotopic (exact) mass is 550 g/mol. The fraction of sp³-hybridized carbons (Fsp3) is 0.275. The lowest BCUT2D eigenvalue weighted by Crippen LogP contribution is -2.32. The van der Waals surface area contributed by atoms with E-state index in [0.29, 0.717) is 5.92 Å². The lowest BCUT2D eigenvalue weighted by molar-refractivity contribution is -0.659. The molecule has 0 N–H and O–H groups in total. The minimum absolute atomic E-state index is 0.113. The van der Waals surface area contributed by atoms with Gasteiger partial charge in [0.05, 0.1) is 10.9 Å². The maximum absolute atomic E-state index is 7.07. The Labute approximate surface area is 249 Å². The minimum atomic E-state index is 0.113. The molecule has 6 aromatic rings. The zero-order valence-corrected chi connectivity index (χ0v) is 25.9. The van der Waals surface area contributed by atoms with Crippen LogP contribution in [-0.4, -0.2) is 0 Å². The van der Waals surface area contributed by atoms with Crippen LogP contribution >= 0.6 is 0 Å². The summed E-state index contributed by atoms with van der Waals surface area (Å²) in [6.45, 7) is 13.9. The molecular formula is C40H40NO+. The van der Waals surface area contributed by atoms with Gasteiger partial charge >= 0.3 is 0 Å². The summed E-state index contributed by atoms with van der Waals surface area (Å²) in [5, 5.41) is 7.57. The van der Waals surface area contributed by atoms with Gasteiger partial charge in [-0.15, -0.1) is 0 Å². The van der Waals surface area contributed by atoms with Crippen LogP contribution in [0, 0.1) is 18.3 Å². The third-order valence-corrected chi connectivity index (χ3v) is 8.80. The van der Waals surface area contributed by atoms with E-state index >= 15 is 0 Å². The van der Waals surface area contributed by atoms with Crippen LogP contribution in [-0.2, 0) is 19.9 Å². The number of hydrogen-bond acceptors (Lipinski definition) is 1. The quantitative estimate of drug-likeness (QED) is 0.157. The molecule has 1 aliphatic rings. The lowest BCUT2D eigenvalue weighted by Gasteiger charge is -2.28. The molecule has 0 radical (unpaired) electrons. The molecule has 0 aliphatic carbocycles. The van der Waals surface area contributed by atoms with Crippen LogP contribution in [0.15, 0.2) is 85.1 Å². The molecule has 42 heavy (non-hydrogen) atoms. The molecule has 2 heteroatoms. The van der Waals surface area contributed by atoms with E-state index < -0.39 is 0 Å². The van der Waals surface area contributed by atoms with Gasteiger partial charge < -0.3 is 4.74 Å². The van der Waals surface area contributed by atoms with Gasteiger partial charge in [-0.1, -0.05) is 95.3 Å². The average molecular weight is 551 g/mol. The van der Waals surface area contributed by atoms with Gasteiger partial charge in [0.1, 0.15) is 18.5 Å². The third-order valence-electron chi connectivity index (χ3n) is 8.80. The van der Waals surface area contributed by atoms with Crippen LogP contribution in [0.25, 0.3) is 54.7 Å². The predicted molar refractivity (Wildman–Crippen MR) is 178 cm³/mol. The van der Waals surface area contributed by atoms with E-state index in [1.807, 2.05) is 0 Å². The Morgan fingerprint density at radius 2 is 1.57 bits per heavy atom. The fourth-order valence-corrected chi connectivity index (χ4v) is 7.00. The summed E-state index contributed by atoms with van der Waals surface area (Å²) in [6.07, 6.45) is 4.26. The number of nitrogens with zero attached hydrogens (tertiary/aromatic N) is 1. The summed E-state index contributed by atoms with van der Waals surface area (Å²) >= 11 is 0. The topological polar surface area (TPSA) is 13.1 Å². The van der Waals surface area contributed by atoms with Crippen molar-refractivity contribution in [1.82, 2.24) is 0 Å². The number of hydrogen-bond donors (Lipinski definition) is 0. The zero-order chi connectivity index (χ0) is 29.3. The summed E-state index contributed by atoms with van der Waals surface area (Å²) in [4.78, 5) is 0. The molecule has 1 aromatic heterocycles. The Morgan fingerprint density at radius 3 is 2.31 bits per heavy atom. The van der Waals surface area contributed by atoms with Gasteiger partial charge in [0.25, 0.3) is 0 Å². The van der Waals surface area contributed by atoms with Crippen molar-refractivity contribution in [3.05, 3.63) is 102 Å². The van der Waals surface area contributed by atoms with Gasteiger partial charge in [0, 0.05) is 17.0 Å². The average Bonchev–Trinajstić information content (AvgIpc) is 2.95. The number of benzene rings is 5. The highest BCUT2D eigenvalue weighted by atomic mass is 16.5. The van der Waals surface area contributed by atoms with Gasteiger partial charge in [-0.3, -0.25) is 0 Å². The van der Waals surface area contributed by atoms with Crippen LogP contribution in [0.4, 0.5) is 0 Å². The van der Waals surface area contributed by atoms with Gasteiger partial charge in [-0.2, -0.15) is 0 Å². The summed E-state index contributed by atoms with van der Waals surface area (Å²) in [7, 11) is 2.18. The van der Waals surface area contributed by atoms with Crippen molar-refractivity contribution in [1.29, 1.82) is 0 Å². The molecule has 2 nitrogen and oxygen atoms in total. The van der Waals surface area contributed by atoms with Crippen molar-refractivity contribution in [2.75, 3.05) is 0 Å². The lowest BCUT2D eigenvalue weighted by atomic mass is 9.81. The Kier molecular flexibility index (Phi) is 6.17. The van der Waals surface area contributed by atoms with E-state index in [0.717, 1.165) is 24.3 Å². The number of pyridine rings is 1. The molecule has 0 atom stereocenters. The highest BCUT2D eigenvalue weighted by Gasteiger charge is 2.34. The van der Waals surface area contributed by atoms with Gasteiger partial charge in [-0.05, 0) is 87.0 Å². The molecule has 1 aliphatic heterocycles. The number of rotatable bonds is 4. The van der Waals surface area contributed by atoms with Crippen molar-refractivity contribution >= 4 is 32.3 Å². The van der Waals surface area contributed by atoms with E-state index in [-0.39, 0.29) is 5.41 Å².